The molecule has 2 aromatic carbocycles. The van der Waals surface area contributed by atoms with E-state index >= 15 is 0 Å². The Balaban J connectivity index is 1.69. The number of aromatic nitrogens is 2. The van der Waals surface area contributed by atoms with Crippen molar-refractivity contribution < 1.29 is 13.2 Å². The van der Waals surface area contributed by atoms with E-state index in [1.165, 1.54) is 22.9 Å². The number of nitrogens with zero attached hydrogens (tertiary/aromatic N) is 2. The summed E-state index contributed by atoms with van der Waals surface area (Å²) in [6, 6.07) is 12.6. The predicted molar refractivity (Wildman–Crippen MR) is 113 cm³/mol. The van der Waals surface area contributed by atoms with E-state index in [4.69, 9.17) is 0 Å². The third-order valence-electron chi connectivity index (χ3n) is 4.22. The second-order valence-electron chi connectivity index (χ2n) is 6.51. The van der Waals surface area contributed by atoms with Gasteiger partial charge in [-0.1, -0.05) is 17.8 Å². The van der Waals surface area contributed by atoms with Crippen molar-refractivity contribution in [3.63, 3.8) is 0 Å². The molecule has 0 bridgehead atoms. The van der Waals surface area contributed by atoms with Crippen LogP contribution >= 0.6 is 11.8 Å². The van der Waals surface area contributed by atoms with Gasteiger partial charge in [-0.15, -0.1) is 0 Å². The van der Waals surface area contributed by atoms with Crippen LogP contribution in [0.15, 0.2) is 60.0 Å². The van der Waals surface area contributed by atoms with E-state index in [1.807, 2.05) is 16.8 Å². The average molecular weight is 416 g/mol. The molecule has 1 aromatic heterocycles. The molecule has 0 atom stereocenters. The number of anilines is 1. The van der Waals surface area contributed by atoms with Crippen molar-refractivity contribution >= 4 is 33.3 Å². The maximum Gasteiger partial charge on any atom is 0.229 e. The van der Waals surface area contributed by atoms with Crippen LogP contribution in [-0.2, 0) is 10.0 Å². The van der Waals surface area contributed by atoms with Gasteiger partial charge in [-0.2, -0.15) is 0 Å². The molecule has 0 saturated carbocycles. The second kappa shape index (κ2) is 8.20. The van der Waals surface area contributed by atoms with Crippen LogP contribution in [0, 0.1) is 13.8 Å². The van der Waals surface area contributed by atoms with Gasteiger partial charge in [-0.25, -0.2) is 13.4 Å². The zero-order valence-corrected chi connectivity index (χ0v) is 17.5. The lowest BCUT2D eigenvalue weighted by molar-refractivity contribution is 0.102. The number of aryl methyl sites for hydroxylation is 2. The van der Waals surface area contributed by atoms with E-state index in [-0.39, 0.29) is 11.5 Å². The van der Waals surface area contributed by atoms with Gasteiger partial charge in [-0.05, 0) is 61.4 Å². The molecule has 28 heavy (non-hydrogen) atoms. The van der Waals surface area contributed by atoms with E-state index < -0.39 is 10.0 Å². The van der Waals surface area contributed by atoms with E-state index in [9.17, 15) is 13.2 Å². The fraction of sp³-hybridized carbons (Fsp3) is 0.200. The summed E-state index contributed by atoms with van der Waals surface area (Å²) in [5, 5.41) is 0.743. The molecule has 146 valence electrons. The lowest BCUT2D eigenvalue weighted by Gasteiger charge is -2.10. The van der Waals surface area contributed by atoms with Crippen LogP contribution in [0.1, 0.15) is 21.5 Å². The molecule has 0 aliphatic heterocycles. The Hall–Kier alpha value is -2.58. The highest BCUT2D eigenvalue weighted by atomic mass is 32.2. The number of carbonyl (C=O) groups is 1. The summed E-state index contributed by atoms with van der Waals surface area (Å²) < 4.78 is 26.8. The highest BCUT2D eigenvalue weighted by Crippen LogP contribution is 2.23. The maximum atomic E-state index is 12.5. The molecular weight excluding hydrogens is 394 g/mol. The van der Waals surface area contributed by atoms with Crippen LogP contribution < -0.4 is 4.72 Å². The molecule has 3 aromatic rings. The minimum absolute atomic E-state index is 0.0504. The number of Topliss-reactive ketones (excluding diaryl/α,β-unsaturated/α-hetero) is 1. The monoisotopic (exact) mass is 415 g/mol. The lowest BCUT2D eigenvalue weighted by Crippen LogP contribution is -2.10. The molecule has 0 saturated heterocycles. The Bertz CT molecular complexity index is 1100. The number of imidazole rings is 1. The summed E-state index contributed by atoms with van der Waals surface area (Å²) in [4.78, 5) is 16.8. The molecule has 0 aliphatic rings. The minimum Gasteiger partial charge on any atom is -0.295 e. The van der Waals surface area contributed by atoms with Gasteiger partial charge in [0.1, 0.15) is 0 Å². The van der Waals surface area contributed by atoms with Crippen molar-refractivity contribution in [3.05, 3.63) is 71.5 Å². The number of nitrogens with one attached hydrogen (secondary N) is 1. The Morgan fingerprint density at radius 3 is 2.46 bits per heavy atom. The highest BCUT2D eigenvalue weighted by Gasteiger charge is 2.12. The summed E-state index contributed by atoms with van der Waals surface area (Å²) in [7, 11) is -3.34. The van der Waals surface area contributed by atoms with Gasteiger partial charge in [0.05, 0.1) is 12.0 Å². The quantitative estimate of drug-likeness (QED) is 0.468. The van der Waals surface area contributed by atoms with Crippen LogP contribution in [0.3, 0.4) is 0 Å². The standard InChI is InChI=1S/C20H21N3O3S2/c1-14-4-9-18(12-15(14)2)23-11-10-21-20(23)27-13-19(24)16-5-7-17(8-6-16)22-28(3,25)26/h4-12,22H,13H2,1-3H3. The average Bonchev–Trinajstić information content (AvgIpc) is 3.10. The molecule has 6 nitrogen and oxygen atoms in total. The van der Waals surface area contributed by atoms with Gasteiger partial charge in [0.15, 0.2) is 10.9 Å². The molecule has 0 unspecified atom stereocenters. The van der Waals surface area contributed by atoms with Gasteiger partial charge in [0.2, 0.25) is 10.0 Å². The molecule has 0 radical (unpaired) electrons. The zero-order valence-electron chi connectivity index (χ0n) is 15.8. The predicted octanol–water partition coefficient (Wildman–Crippen LogP) is 3.84. The molecule has 0 amide bonds. The first-order chi connectivity index (χ1) is 13.2. The van der Waals surface area contributed by atoms with Crippen LogP contribution in [0.4, 0.5) is 5.69 Å². The first kappa shape index (κ1) is 20.2. The Kier molecular flexibility index (Phi) is 5.90. The first-order valence-electron chi connectivity index (χ1n) is 8.58. The summed E-state index contributed by atoms with van der Waals surface area (Å²) in [5.41, 5.74) is 4.38. The van der Waals surface area contributed by atoms with Gasteiger partial charge < -0.3 is 0 Å². The molecule has 1 heterocycles. The number of carbonyl (C=O) groups excluding carboxylic acids is 1. The number of hydrogen-bond donors (Lipinski definition) is 1. The Morgan fingerprint density at radius 1 is 1.11 bits per heavy atom. The molecule has 8 heteroatoms. The van der Waals surface area contributed by atoms with E-state index in [0.29, 0.717) is 11.3 Å². The summed E-state index contributed by atoms with van der Waals surface area (Å²) in [5.74, 6) is 0.186. The number of sulfonamides is 1. The third-order valence-corrected chi connectivity index (χ3v) is 5.79. The molecule has 0 spiro atoms. The Morgan fingerprint density at radius 2 is 1.82 bits per heavy atom. The molecule has 1 N–H and O–H groups in total. The first-order valence-corrected chi connectivity index (χ1v) is 11.5. The topological polar surface area (TPSA) is 81.1 Å². The smallest absolute Gasteiger partial charge is 0.229 e. The number of benzene rings is 2. The van der Waals surface area contributed by atoms with Crippen LogP contribution in [0.5, 0.6) is 0 Å². The van der Waals surface area contributed by atoms with Gasteiger partial charge in [0.25, 0.3) is 0 Å². The molecule has 0 aliphatic carbocycles. The summed E-state index contributed by atoms with van der Waals surface area (Å²) >= 11 is 1.37. The van der Waals surface area contributed by atoms with Crippen molar-refractivity contribution in [1.29, 1.82) is 0 Å². The normalized spacial score (nSPS) is 11.4. The maximum absolute atomic E-state index is 12.5. The van der Waals surface area contributed by atoms with Gasteiger partial charge in [-0.3, -0.25) is 14.1 Å². The fourth-order valence-corrected chi connectivity index (χ4v) is 4.05. The van der Waals surface area contributed by atoms with Crippen molar-refractivity contribution in [2.45, 2.75) is 19.0 Å². The van der Waals surface area contributed by atoms with Crippen LogP contribution in [0.2, 0.25) is 0 Å². The van der Waals surface area contributed by atoms with Crippen molar-refractivity contribution in [3.8, 4) is 5.69 Å². The summed E-state index contributed by atoms with van der Waals surface area (Å²) in [6.07, 6.45) is 4.68. The summed E-state index contributed by atoms with van der Waals surface area (Å²) in [6.45, 7) is 4.13. The van der Waals surface area contributed by atoms with E-state index in [2.05, 4.69) is 35.7 Å². The van der Waals surface area contributed by atoms with Crippen LogP contribution in [-0.4, -0.2) is 35.8 Å². The number of rotatable bonds is 7. The third kappa shape index (κ3) is 5.02. The molecule has 0 fully saturated rings. The second-order valence-corrected chi connectivity index (χ2v) is 9.20. The molecular formula is C20H21N3O3S2. The molecule has 3 rings (SSSR count). The minimum atomic E-state index is -3.34. The van der Waals surface area contributed by atoms with Crippen LogP contribution in [0.25, 0.3) is 5.69 Å². The zero-order chi connectivity index (χ0) is 20.3. The number of ketones is 1. The van der Waals surface area contributed by atoms with Gasteiger partial charge >= 0.3 is 0 Å². The van der Waals surface area contributed by atoms with E-state index in [1.54, 1.807) is 30.5 Å². The van der Waals surface area contributed by atoms with Crippen molar-refractivity contribution in [2.75, 3.05) is 16.7 Å². The largest absolute Gasteiger partial charge is 0.295 e. The lowest BCUT2D eigenvalue weighted by atomic mass is 10.1. The van der Waals surface area contributed by atoms with Crippen molar-refractivity contribution in [1.82, 2.24) is 9.55 Å². The fourth-order valence-electron chi connectivity index (χ4n) is 2.62. The number of hydrogen-bond acceptors (Lipinski definition) is 5. The SMILES string of the molecule is Cc1ccc(-n2ccnc2SCC(=O)c2ccc(NS(C)(=O)=O)cc2)cc1C. The number of thioether (sulfide) groups is 1. The highest BCUT2D eigenvalue weighted by molar-refractivity contribution is 7.99. The Labute approximate surface area is 169 Å². The van der Waals surface area contributed by atoms with Gasteiger partial charge in [0, 0.05) is 29.3 Å². The van der Waals surface area contributed by atoms with Crippen molar-refractivity contribution in [2.24, 2.45) is 0 Å². The van der Waals surface area contributed by atoms with E-state index in [0.717, 1.165) is 17.1 Å².